The summed E-state index contributed by atoms with van der Waals surface area (Å²) in [6.45, 7) is 2.76. The summed E-state index contributed by atoms with van der Waals surface area (Å²) in [6, 6.07) is 13.2. The van der Waals surface area contributed by atoms with Crippen LogP contribution in [0.4, 0.5) is 19.0 Å². The summed E-state index contributed by atoms with van der Waals surface area (Å²) >= 11 is 0. The van der Waals surface area contributed by atoms with Gasteiger partial charge in [-0.2, -0.15) is 18.3 Å². The standard InChI is InChI=1S/C19H16F3N3/c1-12-5-7-15(8-6-12)25-18-16(9-10-23-18)17(24-25)13-3-2-4-14(11-13)19(20,21)22/h2-8,11,23H,9-10H2,1H3. The first-order valence-corrected chi connectivity index (χ1v) is 8.04. The first-order chi connectivity index (χ1) is 11.9. The van der Waals surface area contributed by atoms with Gasteiger partial charge >= 0.3 is 6.18 Å². The zero-order valence-electron chi connectivity index (χ0n) is 13.6. The molecule has 0 fully saturated rings. The van der Waals surface area contributed by atoms with Gasteiger partial charge < -0.3 is 5.32 Å². The zero-order valence-corrected chi connectivity index (χ0v) is 13.6. The highest BCUT2D eigenvalue weighted by atomic mass is 19.4. The fraction of sp³-hybridized carbons (Fsp3) is 0.211. The van der Waals surface area contributed by atoms with Crippen molar-refractivity contribution in [2.24, 2.45) is 0 Å². The first kappa shape index (κ1) is 15.7. The third kappa shape index (κ3) is 2.77. The first-order valence-electron chi connectivity index (χ1n) is 8.04. The van der Waals surface area contributed by atoms with Crippen molar-refractivity contribution < 1.29 is 13.2 Å². The smallest absolute Gasteiger partial charge is 0.369 e. The molecule has 2 heterocycles. The highest BCUT2D eigenvalue weighted by Gasteiger charge is 2.31. The Morgan fingerprint density at radius 1 is 1.08 bits per heavy atom. The molecule has 3 nitrogen and oxygen atoms in total. The average molecular weight is 343 g/mol. The number of nitrogens with zero attached hydrogens (tertiary/aromatic N) is 2. The highest BCUT2D eigenvalue weighted by Crippen LogP contribution is 2.37. The van der Waals surface area contributed by atoms with Gasteiger partial charge in [-0.05, 0) is 37.6 Å². The molecule has 0 bridgehead atoms. The molecule has 0 spiro atoms. The van der Waals surface area contributed by atoms with Crippen LogP contribution in [0.15, 0.2) is 48.5 Å². The van der Waals surface area contributed by atoms with E-state index in [4.69, 9.17) is 0 Å². The third-order valence-electron chi connectivity index (χ3n) is 4.39. The molecule has 6 heteroatoms. The number of aryl methyl sites for hydroxylation is 1. The molecule has 2 aromatic carbocycles. The molecule has 1 N–H and O–H groups in total. The monoisotopic (exact) mass is 343 g/mol. The minimum absolute atomic E-state index is 0.487. The molecule has 0 saturated carbocycles. The molecule has 128 valence electrons. The quantitative estimate of drug-likeness (QED) is 0.722. The molecule has 0 saturated heterocycles. The van der Waals surface area contributed by atoms with E-state index in [0.717, 1.165) is 41.7 Å². The van der Waals surface area contributed by atoms with Gasteiger partial charge in [0.15, 0.2) is 0 Å². The maximum absolute atomic E-state index is 13.0. The molecular formula is C19H16F3N3. The minimum Gasteiger partial charge on any atom is -0.369 e. The van der Waals surface area contributed by atoms with Crippen LogP contribution in [0.1, 0.15) is 16.7 Å². The summed E-state index contributed by atoms with van der Waals surface area (Å²) < 4.78 is 40.9. The Morgan fingerprint density at radius 3 is 2.56 bits per heavy atom. The van der Waals surface area contributed by atoms with Crippen LogP contribution in [0.5, 0.6) is 0 Å². The fourth-order valence-electron chi connectivity index (χ4n) is 3.12. The van der Waals surface area contributed by atoms with Gasteiger partial charge in [0.1, 0.15) is 5.82 Å². The van der Waals surface area contributed by atoms with E-state index in [9.17, 15) is 13.2 Å². The molecule has 0 amide bonds. The van der Waals surface area contributed by atoms with Gasteiger partial charge in [-0.1, -0.05) is 29.8 Å². The van der Waals surface area contributed by atoms with E-state index in [1.54, 1.807) is 10.7 Å². The topological polar surface area (TPSA) is 29.9 Å². The van der Waals surface area contributed by atoms with Crippen LogP contribution >= 0.6 is 0 Å². The lowest BCUT2D eigenvalue weighted by atomic mass is 10.0. The minimum atomic E-state index is -4.36. The molecule has 25 heavy (non-hydrogen) atoms. The lowest BCUT2D eigenvalue weighted by Gasteiger charge is -2.08. The van der Waals surface area contributed by atoms with Crippen molar-refractivity contribution in [3.05, 3.63) is 65.2 Å². The second-order valence-corrected chi connectivity index (χ2v) is 6.18. The van der Waals surface area contributed by atoms with E-state index in [0.29, 0.717) is 11.3 Å². The van der Waals surface area contributed by atoms with Crippen molar-refractivity contribution in [2.75, 3.05) is 11.9 Å². The largest absolute Gasteiger partial charge is 0.416 e. The predicted molar refractivity (Wildman–Crippen MR) is 90.9 cm³/mol. The highest BCUT2D eigenvalue weighted by molar-refractivity contribution is 5.73. The number of rotatable bonds is 2. The SMILES string of the molecule is Cc1ccc(-n2nc(-c3cccc(C(F)(F)F)c3)c3c2NCC3)cc1. The van der Waals surface area contributed by atoms with Crippen molar-refractivity contribution in [3.63, 3.8) is 0 Å². The summed E-state index contributed by atoms with van der Waals surface area (Å²) in [4.78, 5) is 0. The van der Waals surface area contributed by atoms with Crippen LogP contribution in [-0.4, -0.2) is 16.3 Å². The number of anilines is 1. The molecule has 1 aromatic heterocycles. The van der Waals surface area contributed by atoms with Gasteiger partial charge in [0.2, 0.25) is 0 Å². The molecule has 0 aliphatic carbocycles. The number of hydrogen-bond donors (Lipinski definition) is 1. The number of fused-ring (bicyclic) bond motifs is 1. The predicted octanol–water partition coefficient (Wildman–Crippen LogP) is 4.83. The Labute approximate surface area is 143 Å². The summed E-state index contributed by atoms with van der Waals surface area (Å²) in [5, 5.41) is 7.91. The molecule has 1 aliphatic rings. The summed E-state index contributed by atoms with van der Waals surface area (Å²) in [7, 11) is 0. The van der Waals surface area contributed by atoms with Gasteiger partial charge in [0.25, 0.3) is 0 Å². The van der Waals surface area contributed by atoms with Crippen molar-refractivity contribution >= 4 is 5.82 Å². The molecule has 3 aromatic rings. The third-order valence-corrected chi connectivity index (χ3v) is 4.39. The van der Waals surface area contributed by atoms with Gasteiger partial charge in [-0.25, -0.2) is 4.68 Å². The van der Waals surface area contributed by atoms with E-state index in [2.05, 4.69) is 10.4 Å². The van der Waals surface area contributed by atoms with Crippen LogP contribution < -0.4 is 5.32 Å². The Kier molecular flexibility index (Phi) is 3.56. The van der Waals surface area contributed by atoms with Gasteiger partial charge in [0, 0.05) is 17.7 Å². The number of nitrogens with one attached hydrogen (secondary N) is 1. The number of alkyl halides is 3. The molecule has 1 aliphatic heterocycles. The van der Waals surface area contributed by atoms with Crippen LogP contribution in [0, 0.1) is 6.92 Å². The van der Waals surface area contributed by atoms with Gasteiger partial charge in [0.05, 0.1) is 16.9 Å². The number of hydrogen-bond acceptors (Lipinski definition) is 2. The van der Waals surface area contributed by atoms with E-state index in [1.165, 1.54) is 12.1 Å². The number of benzene rings is 2. The van der Waals surface area contributed by atoms with Crippen LogP contribution in [-0.2, 0) is 12.6 Å². The van der Waals surface area contributed by atoms with Crippen molar-refractivity contribution in [1.29, 1.82) is 0 Å². The number of halogens is 3. The van der Waals surface area contributed by atoms with Crippen molar-refractivity contribution in [2.45, 2.75) is 19.5 Å². The van der Waals surface area contributed by atoms with E-state index in [1.807, 2.05) is 31.2 Å². The lowest BCUT2D eigenvalue weighted by molar-refractivity contribution is -0.137. The maximum atomic E-state index is 13.0. The molecule has 0 radical (unpaired) electrons. The summed E-state index contributed by atoms with van der Waals surface area (Å²) in [6.07, 6.45) is -3.62. The molecular weight excluding hydrogens is 327 g/mol. The second kappa shape index (κ2) is 5.65. The van der Waals surface area contributed by atoms with E-state index >= 15 is 0 Å². The molecule has 4 rings (SSSR count). The van der Waals surface area contributed by atoms with E-state index in [-0.39, 0.29) is 0 Å². The summed E-state index contributed by atoms with van der Waals surface area (Å²) in [5.41, 5.74) is 3.41. The summed E-state index contributed by atoms with van der Waals surface area (Å²) in [5.74, 6) is 0.858. The average Bonchev–Trinajstić information content (AvgIpc) is 3.17. The van der Waals surface area contributed by atoms with Gasteiger partial charge in [-0.15, -0.1) is 0 Å². The second-order valence-electron chi connectivity index (χ2n) is 6.18. The zero-order chi connectivity index (χ0) is 17.6. The number of aromatic nitrogens is 2. The van der Waals surface area contributed by atoms with Crippen LogP contribution in [0.25, 0.3) is 16.9 Å². The Morgan fingerprint density at radius 2 is 1.84 bits per heavy atom. The van der Waals surface area contributed by atoms with Crippen LogP contribution in [0.2, 0.25) is 0 Å². The fourth-order valence-corrected chi connectivity index (χ4v) is 3.12. The maximum Gasteiger partial charge on any atom is 0.416 e. The van der Waals surface area contributed by atoms with Crippen molar-refractivity contribution in [3.8, 4) is 16.9 Å². The lowest BCUT2D eigenvalue weighted by Crippen LogP contribution is -2.05. The Balaban J connectivity index is 1.85. The molecule has 0 unspecified atom stereocenters. The van der Waals surface area contributed by atoms with Crippen LogP contribution in [0.3, 0.4) is 0 Å². The Bertz CT molecular complexity index is 924. The Hall–Kier alpha value is -2.76. The normalized spacial score (nSPS) is 13.6. The van der Waals surface area contributed by atoms with E-state index < -0.39 is 11.7 Å². The molecule has 0 atom stereocenters. The van der Waals surface area contributed by atoms with Crippen molar-refractivity contribution in [1.82, 2.24) is 9.78 Å². The van der Waals surface area contributed by atoms with Gasteiger partial charge in [-0.3, -0.25) is 0 Å².